The van der Waals surface area contributed by atoms with Gasteiger partial charge in [-0.25, -0.2) is 8.42 Å². The molecule has 2 N–H and O–H groups in total. The van der Waals surface area contributed by atoms with Crippen molar-refractivity contribution in [3.05, 3.63) is 24.3 Å². The molecule has 1 atom stereocenters. The van der Waals surface area contributed by atoms with Gasteiger partial charge in [0.2, 0.25) is 21.8 Å². The minimum atomic E-state index is -3.62. The largest absolute Gasteiger partial charge is 0.379 e. The monoisotopic (exact) mass is 353 g/mol. The maximum absolute atomic E-state index is 12.6. The van der Waals surface area contributed by atoms with Gasteiger partial charge >= 0.3 is 0 Å². The van der Waals surface area contributed by atoms with Crippen LogP contribution in [0.25, 0.3) is 0 Å². The van der Waals surface area contributed by atoms with Gasteiger partial charge in [-0.1, -0.05) is 6.07 Å². The van der Waals surface area contributed by atoms with Crippen molar-refractivity contribution in [2.45, 2.75) is 23.8 Å². The molecule has 2 amide bonds. The second-order valence-corrected chi connectivity index (χ2v) is 7.63. The van der Waals surface area contributed by atoms with Crippen LogP contribution in [0.2, 0.25) is 0 Å². The number of sulfonamides is 1. The highest BCUT2D eigenvalue weighted by atomic mass is 32.2. The van der Waals surface area contributed by atoms with E-state index < -0.39 is 16.1 Å². The predicted molar refractivity (Wildman–Crippen MR) is 85.8 cm³/mol. The minimum Gasteiger partial charge on any atom is -0.379 e. The van der Waals surface area contributed by atoms with Crippen molar-refractivity contribution < 1.29 is 22.7 Å². The minimum absolute atomic E-state index is 0.123. The van der Waals surface area contributed by atoms with E-state index >= 15 is 0 Å². The Morgan fingerprint density at radius 1 is 1.29 bits per heavy atom. The molecule has 130 valence electrons. The van der Waals surface area contributed by atoms with E-state index in [1.807, 2.05) is 0 Å². The van der Waals surface area contributed by atoms with Crippen molar-refractivity contribution in [3.63, 3.8) is 0 Å². The molecule has 0 radical (unpaired) electrons. The van der Waals surface area contributed by atoms with E-state index in [1.54, 1.807) is 12.1 Å². The smallest absolute Gasteiger partial charge is 0.246 e. The van der Waals surface area contributed by atoms with E-state index in [4.69, 9.17) is 4.74 Å². The number of nitrogens with zero attached hydrogens (tertiary/aromatic N) is 1. The van der Waals surface area contributed by atoms with Crippen molar-refractivity contribution in [1.82, 2.24) is 9.62 Å². The van der Waals surface area contributed by atoms with E-state index in [0.717, 1.165) is 0 Å². The first-order chi connectivity index (χ1) is 11.5. The van der Waals surface area contributed by atoms with E-state index in [9.17, 15) is 18.0 Å². The number of amides is 2. The van der Waals surface area contributed by atoms with Gasteiger partial charge in [0.15, 0.2) is 0 Å². The summed E-state index contributed by atoms with van der Waals surface area (Å²) in [5.41, 5.74) is 0.385. The Bertz CT molecular complexity index is 743. The van der Waals surface area contributed by atoms with Crippen LogP contribution >= 0.6 is 0 Å². The molecule has 1 aromatic carbocycles. The quantitative estimate of drug-likeness (QED) is 0.788. The van der Waals surface area contributed by atoms with E-state index in [1.165, 1.54) is 16.4 Å². The molecule has 0 aromatic heterocycles. The highest BCUT2D eigenvalue weighted by molar-refractivity contribution is 7.89. The number of hydrogen-bond acceptors (Lipinski definition) is 5. The Balaban J connectivity index is 1.74. The molecule has 9 heteroatoms. The topological polar surface area (TPSA) is 105 Å². The number of anilines is 1. The molecule has 0 aliphatic carbocycles. The zero-order valence-corrected chi connectivity index (χ0v) is 13.8. The molecule has 2 aliphatic heterocycles. The second kappa shape index (κ2) is 6.88. The molecule has 8 nitrogen and oxygen atoms in total. The average Bonchev–Trinajstić information content (AvgIpc) is 3.02. The van der Waals surface area contributed by atoms with Gasteiger partial charge in [-0.2, -0.15) is 4.31 Å². The number of rotatable bonds is 4. The molecule has 2 fully saturated rings. The molecule has 2 heterocycles. The first-order valence-electron chi connectivity index (χ1n) is 7.75. The number of carbonyl (C=O) groups is 2. The van der Waals surface area contributed by atoms with Crippen LogP contribution in [0.5, 0.6) is 0 Å². The highest BCUT2D eigenvalue weighted by Gasteiger charge is 2.28. The number of benzene rings is 1. The normalized spacial score (nSPS) is 22.2. The Morgan fingerprint density at radius 3 is 2.71 bits per heavy atom. The Morgan fingerprint density at radius 2 is 2.04 bits per heavy atom. The highest BCUT2D eigenvalue weighted by Crippen LogP contribution is 2.21. The molecule has 0 unspecified atom stereocenters. The summed E-state index contributed by atoms with van der Waals surface area (Å²) in [5.74, 6) is -0.499. The lowest BCUT2D eigenvalue weighted by Gasteiger charge is -2.26. The number of nitrogens with one attached hydrogen (secondary N) is 2. The molecule has 3 rings (SSSR count). The van der Waals surface area contributed by atoms with Gasteiger partial charge in [0.05, 0.1) is 18.1 Å². The summed E-state index contributed by atoms with van der Waals surface area (Å²) in [4.78, 5) is 23.4. The van der Waals surface area contributed by atoms with Gasteiger partial charge < -0.3 is 15.4 Å². The van der Waals surface area contributed by atoms with Crippen LogP contribution in [0.1, 0.15) is 12.8 Å². The van der Waals surface area contributed by atoms with Gasteiger partial charge in [-0.05, 0) is 24.6 Å². The summed E-state index contributed by atoms with van der Waals surface area (Å²) in [6.07, 6.45) is 0.764. The third kappa shape index (κ3) is 3.58. The molecule has 2 aliphatic rings. The summed E-state index contributed by atoms with van der Waals surface area (Å²) in [7, 11) is -3.62. The molecule has 24 heavy (non-hydrogen) atoms. The lowest BCUT2D eigenvalue weighted by atomic mass is 10.2. The molecular formula is C15H19N3O5S. The maximum Gasteiger partial charge on any atom is 0.246 e. The summed E-state index contributed by atoms with van der Waals surface area (Å²) >= 11 is 0. The zero-order chi connectivity index (χ0) is 17.2. The Kier molecular flexibility index (Phi) is 4.83. The first-order valence-corrected chi connectivity index (χ1v) is 9.19. The SMILES string of the molecule is O=C1CC[C@@H](C(=O)Nc2cccc(S(=O)(=O)N3CCOCC3)c2)N1. The summed E-state index contributed by atoms with van der Waals surface area (Å²) < 4.78 is 31.8. The van der Waals surface area contributed by atoms with E-state index in [0.29, 0.717) is 44.8 Å². The van der Waals surface area contributed by atoms with Crippen LogP contribution in [0, 0.1) is 0 Å². The van der Waals surface area contributed by atoms with Crippen molar-refractivity contribution in [1.29, 1.82) is 0 Å². The van der Waals surface area contributed by atoms with Crippen molar-refractivity contribution in [2.24, 2.45) is 0 Å². The second-order valence-electron chi connectivity index (χ2n) is 5.69. The third-order valence-corrected chi connectivity index (χ3v) is 5.92. The predicted octanol–water partition coefficient (Wildman–Crippen LogP) is -0.0754. The third-order valence-electron chi connectivity index (χ3n) is 4.02. The number of carbonyl (C=O) groups excluding carboxylic acids is 2. The molecule has 1 aromatic rings. The van der Waals surface area contributed by atoms with Gasteiger partial charge in [-0.15, -0.1) is 0 Å². The molecule has 0 bridgehead atoms. The van der Waals surface area contributed by atoms with Gasteiger partial charge in [0, 0.05) is 25.2 Å². The van der Waals surface area contributed by atoms with E-state index in [2.05, 4.69) is 10.6 Å². The lowest BCUT2D eigenvalue weighted by Crippen LogP contribution is -2.40. The number of hydrogen-bond donors (Lipinski definition) is 2. The van der Waals surface area contributed by atoms with Crippen LogP contribution in [0.4, 0.5) is 5.69 Å². The lowest BCUT2D eigenvalue weighted by molar-refractivity contribution is -0.122. The fourth-order valence-corrected chi connectivity index (χ4v) is 4.16. The van der Waals surface area contributed by atoms with Crippen molar-refractivity contribution in [2.75, 3.05) is 31.6 Å². The molecule has 0 saturated carbocycles. The Labute approximate surface area is 140 Å². The number of ether oxygens (including phenoxy) is 1. The van der Waals surface area contributed by atoms with Crippen LogP contribution in [0.3, 0.4) is 0 Å². The van der Waals surface area contributed by atoms with Crippen molar-refractivity contribution in [3.8, 4) is 0 Å². The van der Waals surface area contributed by atoms with Crippen LogP contribution in [-0.2, 0) is 24.3 Å². The molecular weight excluding hydrogens is 334 g/mol. The molecule has 0 spiro atoms. The molecule has 2 saturated heterocycles. The van der Waals surface area contributed by atoms with Gasteiger partial charge in [0.1, 0.15) is 6.04 Å². The van der Waals surface area contributed by atoms with Crippen LogP contribution in [-0.4, -0.2) is 56.9 Å². The fraction of sp³-hybridized carbons (Fsp3) is 0.467. The summed E-state index contributed by atoms with van der Waals surface area (Å²) in [5, 5.41) is 5.24. The van der Waals surface area contributed by atoms with E-state index in [-0.39, 0.29) is 16.7 Å². The fourth-order valence-electron chi connectivity index (χ4n) is 2.71. The zero-order valence-electron chi connectivity index (χ0n) is 13.0. The summed E-state index contributed by atoms with van der Waals surface area (Å²) in [6, 6.07) is 5.55. The van der Waals surface area contributed by atoms with Gasteiger partial charge in [-0.3, -0.25) is 9.59 Å². The van der Waals surface area contributed by atoms with Crippen molar-refractivity contribution >= 4 is 27.5 Å². The standard InChI is InChI=1S/C15H19N3O5S/c19-14-5-4-13(17-14)15(20)16-11-2-1-3-12(10-11)24(21,22)18-6-8-23-9-7-18/h1-3,10,13H,4-9H2,(H,16,20)(H,17,19)/t13-/m0/s1. The van der Waals surface area contributed by atoms with Crippen LogP contribution in [0.15, 0.2) is 29.2 Å². The summed E-state index contributed by atoms with van der Waals surface area (Å²) in [6.45, 7) is 1.37. The number of morpholine rings is 1. The average molecular weight is 353 g/mol. The first kappa shape index (κ1) is 16.9. The Hall–Kier alpha value is -1.97. The van der Waals surface area contributed by atoms with Crippen LogP contribution < -0.4 is 10.6 Å². The van der Waals surface area contributed by atoms with Gasteiger partial charge in [0.25, 0.3) is 0 Å². The maximum atomic E-state index is 12.6.